The van der Waals surface area contributed by atoms with Crippen LogP contribution in [-0.4, -0.2) is 39.9 Å². The molecule has 156 valence electrons. The zero-order chi connectivity index (χ0) is 20.7. The van der Waals surface area contributed by atoms with Crippen LogP contribution in [0.4, 0.5) is 0 Å². The zero-order valence-electron chi connectivity index (χ0n) is 16.1. The highest BCUT2D eigenvalue weighted by atomic mass is 32.2. The van der Waals surface area contributed by atoms with Crippen molar-refractivity contribution in [2.75, 3.05) is 19.8 Å². The maximum absolute atomic E-state index is 12.6. The van der Waals surface area contributed by atoms with Crippen LogP contribution in [0.2, 0.25) is 0 Å². The Balaban J connectivity index is 1.32. The van der Waals surface area contributed by atoms with Gasteiger partial charge in [-0.1, -0.05) is 18.2 Å². The summed E-state index contributed by atoms with van der Waals surface area (Å²) < 4.78 is 38.0. The standard InChI is InChI=1S/C21H21N3O5S/c25-19(12-22-21-15-3-1-2-4-18(15)30(26,27)24-21)23-20(13-5-6-13)14-7-8-16-17(11-14)29-10-9-28-16/h1-4,7-8,11,13,20H,5-6,9-10,12H2,(H,22,24)(H,23,25). The number of fused-ring (bicyclic) bond motifs is 2. The largest absolute Gasteiger partial charge is 0.486 e. The smallest absolute Gasteiger partial charge is 0.263 e. The van der Waals surface area contributed by atoms with E-state index in [-0.39, 0.29) is 29.2 Å². The molecule has 5 rings (SSSR count). The van der Waals surface area contributed by atoms with Crippen LogP contribution in [0.15, 0.2) is 52.4 Å². The van der Waals surface area contributed by atoms with Crippen LogP contribution in [0.25, 0.3) is 0 Å². The highest BCUT2D eigenvalue weighted by Gasteiger charge is 2.34. The summed E-state index contributed by atoms with van der Waals surface area (Å²) in [4.78, 5) is 17.0. The van der Waals surface area contributed by atoms with Crippen LogP contribution in [0.5, 0.6) is 11.5 Å². The molecule has 1 fully saturated rings. The number of nitrogens with zero attached hydrogens (tertiary/aromatic N) is 1. The maximum Gasteiger partial charge on any atom is 0.263 e. The molecule has 1 aliphatic carbocycles. The second-order valence-electron chi connectivity index (χ2n) is 7.55. The van der Waals surface area contributed by atoms with Gasteiger partial charge in [-0.15, -0.1) is 0 Å². The Labute approximate surface area is 174 Å². The zero-order valence-corrected chi connectivity index (χ0v) is 16.9. The third-order valence-corrected chi connectivity index (χ3v) is 6.78. The van der Waals surface area contributed by atoms with Crippen molar-refractivity contribution in [2.24, 2.45) is 10.9 Å². The second kappa shape index (κ2) is 7.32. The van der Waals surface area contributed by atoms with E-state index in [9.17, 15) is 13.2 Å². The first kappa shape index (κ1) is 18.9. The van der Waals surface area contributed by atoms with E-state index < -0.39 is 10.0 Å². The Hall–Kier alpha value is -3.07. The lowest BCUT2D eigenvalue weighted by atomic mass is 10.0. The van der Waals surface area contributed by atoms with Crippen molar-refractivity contribution in [1.82, 2.24) is 10.0 Å². The Bertz CT molecular complexity index is 1140. The Kier molecular flexibility index (Phi) is 4.62. The number of ether oxygens (including phenoxy) is 2. The lowest BCUT2D eigenvalue weighted by Crippen LogP contribution is -2.32. The van der Waals surface area contributed by atoms with Crippen molar-refractivity contribution in [3.63, 3.8) is 0 Å². The van der Waals surface area contributed by atoms with Gasteiger partial charge in [0.15, 0.2) is 11.5 Å². The molecular formula is C21H21N3O5S. The summed E-state index contributed by atoms with van der Waals surface area (Å²) in [5.74, 6) is 1.70. The number of aliphatic imine (C=N–C) groups is 1. The summed E-state index contributed by atoms with van der Waals surface area (Å²) >= 11 is 0. The monoisotopic (exact) mass is 427 g/mol. The van der Waals surface area contributed by atoms with Crippen molar-refractivity contribution in [3.8, 4) is 11.5 Å². The highest BCUT2D eigenvalue weighted by molar-refractivity contribution is 7.90. The average Bonchev–Trinajstić information content (AvgIpc) is 3.56. The quantitative estimate of drug-likeness (QED) is 0.756. The van der Waals surface area contributed by atoms with Crippen molar-refractivity contribution in [1.29, 1.82) is 0 Å². The van der Waals surface area contributed by atoms with Gasteiger partial charge in [0.05, 0.1) is 10.9 Å². The van der Waals surface area contributed by atoms with E-state index in [1.54, 1.807) is 18.2 Å². The minimum atomic E-state index is -3.62. The van der Waals surface area contributed by atoms with Crippen LogP contribution in [0.3, 0.4) is 0 Å². The van der Waals surface area contributed by atoms with Gasteiger partial charge in [-0.05, 0) is 48.6 Å². The maximum atomic E-state index is 12.6. The number of hydrogen-bond acceptors (Lipinski definition) is 6. The molecule has 2 aliphatic heterocycles. The molecule has 0 spiro atoms. The predicted molar refractivity (Wildman–Crippen MR) is 109 cm³/mol. The molecule has 2 N–H and O–H groups in total. The molecule has 30 heavy (non-hydrogen) atoms. The molecule has 0 bridgehead atoms. The fourth-order valence-corrected chi connectivity index (χ4v) is 5.03. The molecule has 0 aromatic heterocycles. The molecule has 2 aromatic rings. The SMILES string of the molecule is O=C(CN=C1NS(=O)(=O)c2ccccc21)NC(c1ccc2c(c1)OCCO2)C1CC1. The molecule has 0 radical (unpaired) electrons. The number of amidine groups is 1. The summed E-state index contributed by atoms with van der Waals surface area (Å²) in [6.07, 6.45) is 2.09. The number of carbonyl (C=O) groups excluding carboxylic acids is 1. The topological polar surface area (TPSA) is 106 Å². The Morgan fingerprint density at radius 1 is 1.13 bits per heavy atom. The lowest BCUT2D eigenvalue weighted by Gasteiger charge is -2.23. The van der Waals surface area contributed by atoms with Crippen molar-refractivity contribution in [3.05, 3.63) is 53.6 Å². The normalized spacial score (nSPS) is 20.9. The fourth-order valence-electron chi connectivity index (χ4n) is 3.78. The van der Waals surface area contributed by atoms with Crippen molar-refractivity contribution >= 4 is 21.8 Å². The van der Waals surface area contributed by atoms with Crippen LogP contribution in [0, 0.1) is 5.92 Å². The molecule has 8 nitrogen and oxygen atoms in total. The van der Waals surface area contributed by atoms with Gasteiger partial charge >= 0.3 is 0 Å². The number of sulfonamides is 1. The number of amides is 1. The second-order valence-corrected chi connectivity index (χ2v) is 9.20. The van der Waals surface area contributed by atoms with Crippen molar-refractivity contribution < 1.29 is 22.7 Å². The molecule has 1 saturated carbocycles. The van der Waals surface area contributed by atoms with Gasteiger partial charge in [0.25, 0.3) is 10.0 Å². The third kappa shape index (κ3) is 3.60. The van der Waals surface area contributed by atoms with Gasteiger partial charge < -0.3 is 14.8 Å². The Morgan fingerprint density at radius 3 is 2.70 bits per heavy atom. The number of carbonyl (C=O) groups is 1. The molecule has 1 unspecified atom stereocenters. The van der Waals surface area contributed by atoms with E-state index in [4.69, 9.17) is 9.47 Å². The summed E-state index contributed by atoms with van der Waals surface area (Å²) in [5, 5.41) is 3.05. The van der Waals surface area contributed by atoms with E-state index in [0.29, 0.717) is 36.2 Å². The predicted octanol–water partition coefficient (Wildman–Crippen LogP) is 1.76. The summed E-state index contributed by atoms with van der Waals surface area (Å²) in [6.45, 7) is 0.869. The van der Waals surface area contributed by atoms with Gasteiger partial charge in [-0.25, -0.2) is 8.42 Å². The Morgan fingerprint density at radius 2 is 1.90 bits per heavy atom. The minimum absolute atomic E-state index is 0.138. The summed E-state index contributed by atoms with van der Waals surface area (Å²) in [6, 6.07) is 12.2. The third-order valence-electron chi connectivity index (χ3n) is 5.38. The molecule has 1 amide bonds. The first-order valence-electron chi connectivity index (χ1n) is 9.87. The van der Waals surface area contributed by atoms with E-state index in [1.165, 1.54) is 6.07 Å². The highest BCUT2D eigenvalue weighted by Crippen LogP contribution is 2.43. The van der Waals surface area contributed by atoms with Gasteiger partial charge in [-0.2, -0.15) is 0 Å². The molecule has 0 saturated heterocycles. The lowest BCUT2D eigenvalue weighted by molar-refractivity contribution is -0.120. The van der Waals surface area contributed by atoms with E-state index >= 15 is 0 Å². The first-order valence-corrected chi connectivity index (χ1v) is 11.4. The number of benzene rings is 2. The molecule has 1 atom stereocenters. The molecule has 2 aromatic carbocycles. The average molecular weight is 427 g/mol. The van der Waals surface area contributed by atoms with Gasteiger partial charge in [0.1, 0.15) is 25.6 Å². The van der Waals surface area contributed by atoms with Gasteiger partial charge in [0, 0.05) is 5.56 Å². The molecule has 3 aliphatic rings. The number of nitrogens with one attached hydrogen (secondary N) is 2. The van der Waals surface area contributed by atoms with Crippen LogP contribution in [0.1, 0.15) is 30.0 Å². The van der Waals surface area contributed by atoms with E-state index in [0.717, 1.165) is 18.4 Å². The summed E-state index contributed by atoms with van der Waals surface area (Å²) in [7, 11) is -3.62. The molecular weight excluding hydrogens is 406 g/mol. The molecule has 2 heterocycles. The van der Waals surface area contributed by atoms with Crippen molar-refractivity contribution in [2.45, 2.75) is 23.8 Å². The minimum Gasteiger partial charge on any atom is -0.486 e. The van der Waals surface area contributed by atoms with Gasteiger partial charge in [-0.3, -0.25) is 14.5 Å². The van der Waals surface area contributed by atoms with Crippen LogP contribution >= 0.6 is 0 Å². The molecule has 9 heteroatoms. The fraction of sp³-hybridized carbons (Fsp3) is 0.333. The number of rotatable bonds is 5. The summed E-state index contributed by atoms with van der Waals surface area (Å²) in [5.41, 5.74) is 1.45. The number of hydrogen-bond donors (Lipinski definition) is 2. The van der Waals surface area contributed by atoms with Crippen LogP contribution in [-0.2, 0) is 14.8 Å². The van der Waals surface area contributed by atoms with Gasteiger partial charge in [0.2, 0.25) is 5.91 Å². The van der Waals surface area contributed by atoms with Crippen LogP contribution < -0.4 is 19.5 Å². The van der Waals surface area contributed by atoms with E-state index in [2.05, 4.69) is 15.0 Å². The van der Waals surface area contributed by atoms with E-state index in [1.807, 2.05) is 18.2 Å². The first-order chi connectivity index (χ1) is 14.5.